The molecule has 0 N–H and O–H groups in total. The van der Waals surface area contributed by atoms with Crippen molar-refractivity contribution in [1.82, 2.24) is 4.98 Å². The number of hydrogen-bond donors (Lipinski definition) is 0. The zero-order valence-electron chi connectivity index (χ0n) is 8.81. The van der Waals surface area contributed by atoms with E-state index in [0.717, 1.165) is 17.9 Å². The Morgan fingerprint density at radius 1 is 1.67 bits per heavy atom. The fourth-order valence-electron chi connectivity index (χ4n) is 1.84. The van der Waals surface area contributed by atoms with Gasteiger partial charge in [-0.05, 0) is 19.1 Å². The van der Waals surface area contributed by atoms with E-state index in [0.29, 0.717) is 6.42 Å². The first kappa shape index (κ1) is 9.90. The third kappa shape index (κ3) is 1.91. The highest BCUT2D eigenvalue weighted by Crippen LogP contribution is 2.25. The Morgan fingerprint density at radius 2 is 2.47 bits per heavy atom. The highest BCUT2D eigenvalue weighted by atomic mass is 16.2. The van der Waals surface area contributed by atoms with E-state index in [1.165, 1.54) is 0 Å². The van der Waals surface area contributed by atoms with Crippen LogP contribution < -0.4 is 4.90 Å². The predicted octanol–water partition coefficient (Wildman–Crippen LogP) is 1.93. The summed E-state index contributed by atoms with van der Waals surface area (Å²) in [5.74, 6) is 0.455. The van der Waals surface area contributed by atoms with E-state index in [-0.39, 0.29) is 11.8 Å². The number of anilines is 1. The largest absolute Gasteiger partial charge is 0.312 e. The average Bonchev–Trinajstić information content (AvgIpc) is 2.60. The van der Waals surface area contributed by atoms with E-state index in [1.54, 1.807) is 11.1 Å². The van der Waals surface area contributed by atoms with Crippen LogP contribution in [0, 0.1) is 12.8 Å². The topological polar surface area (TPSA) is 33.2 Å². The van der Waals surface area contributed by atoms with E-state index in [1.807, 2.05) is 25.1 Å². The number of carbonyl (C=O) groups is 1. The quantitative estimate of drug-likeness (QED) is 0.686. The Balaban J connectivity index is 2.25. The van der Waals surface area contributed by atoms with Crippen molar-refractivity contribution < 1.29 is 4.79 Å². The van der Waals surface area contributed by atoms with Crippen LogP contribution in [0.15, 0.2) is 31.0 Å². The maximum Gasteiger partial charge on any atom is 0.227 e. The SMILES string of the molecule is C=CC1CC(=O)N(c2ccnc(C)c2)C1. The monoisotopic (exact) mass is 202 g/mol. The van der Waals surface area contributed by atoms with Gasteiger partial charge in [0.15, 0.2) is 0 Å². The molecule has 2 rings (SSSR count). The van der Waals surface area contributed by atoms with Crippen LogP contribution in [-0.4, -0.2) is 17.4 Å². The van der Waals surface area contributed by atoms with Gasteiger partial charge in [-0.25, -0.2) is 0 Å². The van der Waals surface area contributed by atoms with Crippen LogP contribution in [0.1, 0.15) is 12.1 Å². The molecule has 1 aliphatic rings. The molecule has 1 aliphatic heterocycles. The van der Waals surface area contributed by atoms with Crippen molar-refractivity contribution in [2.24, 2.45) is 5.92 Å². The van der Waals surface area contributed by atoms with Gasteiger partial charge >= 0.3 is 0 Å². The molecule has 1 saturated heterocycles. The molecule has 3 heteroatoms. The predicted molar refractivity (Wildman–Crippen MR) is 59.6 cm³/mol. The van der Waals surface area contributed by atoms with Crippen molar-refractivity contribution in [2.75, 3.05) is 11.4 Å². The molecule has 0 aliphatic carbocycles. The van der Waals surface area contributed by atoms with Gasteiger partial charge in [0, 0.05) is 36.5 Å². The summed E-state index contributed by atoms with van der Waals surface area (Å²) in [6.07, 6.45) is 4.16. The third-order valence-corrected chi connectivity index (χ3v) is 2.68. The van der Waals surface area contributed by atoms with Gasteiger partial charge in [-0.1, -0.05) is 6.08 Å². The number of carbonyl (C=O) groups excluding carboxylic acids is 1. The molecular formula is C12H14N2O. The van der Waals surface area contributed by atoms with E-state index < -0.39 is 0 Å². The zero-order valence-corrected chi connectivity index (χ0v) is 8.81. The Morgan fingerprint density at radius 3 is 3.07 bits per heavy atom. The van der Waals surface area contributed by atoms with Crippen molar-refractivity contribution >= 4 is 11.6 Å². The molecule has 1 unspecified atom stereocenters. The van der Waals surface area contributed by atoms with Gasteiger partial charge in [-0.15, -0.1) is 6.58 Å². The lowest BCUT2D eigenvalue weighted by molar-refractivity contribution is -0.117. The smallest absolute Gasteiger partial charge is 0.227 e. The van der Waals surface area contributed by atoms with E-state index in [2.05, 4.69) is 11.6 Å². The molecule has 0 aromatic carbocycles. The Kier molecular flexibility index (Phi) is 2.54. The maximum absolute atomic E-state index is 11.7. The zero-order chi connectivity index (χ0) is 10.8. The molecule has 1 amide bonds. The summed E-state index contributed by atoms with van der Waals surface area (Å²) in [6, 6.07) is 3.81. The van der Waals surface area contributed by atoms with Crippen molar-refractivity contribution in [2.45, 2.75) is 13.3 Å². The summed E-state index contributed by atoms with van der Waals surface area (Å²) in [7, 11) is 0. The first-order valence-corrected chi connectivity index (χ1v) is 5.06. The highest BCUT2D eigenvalue weighted by Gasteiger charge is 2.28. The Hall–Kier alpha value is -1.64. The van der Waals surface area contributed by atoms with Crippen molar-refractivity contribution in [3.05, 3.63) is 36.7 Å². The van der Waals surface area contributed by atoms with Crippen LogP contribution in [-0.2, 0) is 4.79 Å². The van der Waals surface area contributed by atoms with Crippen molar-refractivity contribution in [3.63, 3.8) is 0 Å². The molecule has 0 spiro atoms. The standard InChI is InChI=1S/C12H14N2O/c1-3-10-7-12(15)14(8-10)11-4-5-13-9(2)6-11/h3-6,10H,1,7-8H2,2H3. The number of rotatable bonds is 2. The van der Waals surface area contributed by atoms with Gasteiger partial charge in [0.25, 0.3) is 0 Å². The first-order chi connectivity index (χ1) is 7.20. The summed E-state index contributed by atoms with van der Waals surface area (Å²) in [4.78, 5) is 17.6. The third-order valence-electron chi connectivity index (χ3n) is 2.68. The lowest BCUT2D eigenvalue weighted by Gasteiger charge is -2.16. The van der Waals surface area contributed by atoms with E-state index in [4.69, 9.17) is 0 Å². The number of hydrogen-bond acceptors (Lipinski definition) is 2. The molecule has 1 aromatic heterocycles. The second-order valence-corrected chi connectivity index (χ2v) is 3.86. The minimum absolute atomic E-state index is 0.172. The summed E-state index contributed by atoms with van der Waals surface area (Å²) in [5.41, 5.74) is 1.87. The van der Waals surface area contributed by atoms with Gasteiger partial charge in [0.2, 0.25) is 5.91 Å². The van der Waals surface area contributed by atoms with Gasteiger partial charge in [-0.2, -0.15) is 0 Å². The van der Waals surface area contributed by atoms with Crippen LogP contribution in [0.25, 0.3) is 0 Å². The van der Waals surface area contributed by atoms with Crippen molar-refractivity contribution in [3.8, 4) is 0 Å². The van der Waals surface area contributed by atoms with Crippen LogP contribution in [0.5, 0.6) is 0 Å². The average molecular weight is 202 g/mol. The van der Waals surface area contributed by atoms with Crippen LogP contribution in [0.2, 0.25) is 0 Å². The molecule has 78 valence electrons. The first-order valence-electron chi connectivity index (χ1n) is 5.06. The summed E-state index contributed by atoms with van der Waals surface area (Å²) >= 11 is 0. The van der Waals surface area contributed by atoms with Crippen LogP contribution in [0.4, 0.5) is 5.69 Å². The van der Waals surface area contributed by atoms with Gasteiger partial charge in [0.05, 0.1) is 0 Å². The number of amides is 1. The molecular weight excluding hydrogens is 188 g/mol. The Labute approximate surface area is 89.4 Å². The molecule has 3 nitrogen and oxygen atoms in total. The van der Waals surface area contributed by atoms with E-state index >= 15 is 0 Å². The van der Waals surface area contributed by atoms with Gasteiger partial charge in [0.1, 0.15) is 0 Å². The molecule has 1 fully saturated rings. The minimum Gasteiger partial charge on any atom is -0.312 e. The van der Waals surface area contributed by atoms with Crippen molar-refractivity contribution in [1.29, 1.82) is 0 Å². The molecule has 2 heterocycles. The molecule has 15 heavy (non-hydrogen) atoms. The molecule has 0 radical (unpaired) electrons. The van der Waals surface area contributed by atoms with Crippen LogP contribution >= 0.6 is 0 Å². The van der Waals surface area contributed by atoms with E-state index in [9.17, 15) is 4.79 Å². The summed E-state index contributed by atoms with van der Waals surface area (Å²) < 4.78 is 0. The van der Waals surface area contributed by atoms with Gasteiger partial charge < -0.3 is 4.90 Å². The Bertz CT molecular complexity index is 400. The lowest BCUT2D eigenvalue weighted by atomic mass is 10.1. The second-order valence-electron chi connectivity index (χ2n) is 3.86. The van der Waals surface area contributed by atoms with Crippen LogP contribution in [0.3, 0.4) is 0 Å². The van der Waals surface area contributed by atoms with Gasteiger partial charge in [-0.3, -0.25) is 9.78 Å². The molecule has 0 saturated carbocycles. The number of pyridine rings is 1. The minimum atomic E-state index is 0.172. The fourth-order valence-corrected chi connectivity index (χ4v) is 1.84. The maximum atomic E-state index is 11.7. The second kappa shape index (κ2) is 3.85. The summed E-state index contributed by atoms with van der Waals surface area (Å²) in [5, 5.41) is 0. The number of aryl methyl sites for hydroxylation is 1. The fraction of sp³-hybridized carbons (Fsp3) is 0.333. The number of aromatic nitrogens is 1. The molecule has 1 aromatic rings. The summed E-state index contributed by atoms with van der Waals surface area (Å²) in [6.45, 7) is 6.40. The molecule has 0 bridgehead atoms. The lowest BCUT2D eigenvalue weighted by Crippen LogP contribution is -2.24. The normalized spacial score (nSPS) is 20.7. The number of nitrogens with zero attached hydrogens (tertiary/aromatic N) is 2. The highest BCUT2D eigenvalue weighted by molar-refractivity contribution is 5.95. The molecule has 1 atom stereocenters.